The number of amides is 1. The number of nitro benzene ring substituents is 1. The highest BCUT2D eigenvalue weighted by atomic mass is 35.5. The lowest BCUT2D eigenvalue weighted by atomic mass is 9.87. The number of nitrogens with zero attached hydrogens (tertiary/aromatic N) is 4. The Bertz CT molecular complexity index is 1120. The number of non-ortho nitro benzene ring substituents is 1. The van der Waals surface area contributed by atoms with E-state index in [0.29, 0.717) is 11.0 Å². The molecule has 0 fully saturated rings. The van der Waals surface area contributed by atoms with Crippen LogP contribution in [0.1, 0.15) is 26.3 Å². The van der Waals surface area contributed by atoms with Gasteiger partial charge in [0.05, 0.1) is 21.4 Å². The molecule has 0 aliphatic heterocycles. The number of anilines is 1. The Kier molecular flexibility index (Phi) is 6.51. The summed E-state index contributed by atoms with van der Waals surface area (Å²) >= 11 is 7.10. The van der Waals surface area contributed by atoms with Crippen molar-refractivity contribution in [3.05, 3.63) is 63.2 Å². The molecule has 0 spiro atoms. The minimum atomic E-state index is -0.562. The number of benzene rings is 2. The summed E-state index contributed by atoms with van der Waals surface area (Å²) in [5.74, 6) is 6.15. The number of aromatic nitrogens is 3. The van der Waals surface area contributed by atoms with Gasteiger partial charge in [-0.3, -0.25) is 14.9 Å². The minimum Gasteiger partial charge on any atom is -0.335 e. The fourth-order valence-corrected chi connectivity index (χ4v) is 3.55. The van der Waals surface area contributed by atoms with E-state index in [1.807, 2.05) is 24.3 Å². The third kappa shape index (κ3) is 5.33. The molecule has 0 bridgehead atoms. The van der Waals surface area contributed by atoms with Crippen LogP contribution in [0.15, 0.2) is 47.6 Å². The molecule has 0 aliphatic carbocycles. The Morgan fingerprint density at radius 3 is 2.52 bits per heavy atom. The maximum Gasteiger partial charge on any atom is 0.271 e. The fourth-order valence-electron chi connectivity index (χ4n) is 2.73. The molecule has 1 heterocycles. The number of nitrogen functional groups attached to an aromatic ring is 1. The number of hydrogen-bond acceptors (Lipinski definition) is 7. The number of nitro groups is 1. The lowest BCUT2D eigenvalue weighted by Crippen LogP contribution is -2.16. The van der Waals surface area contributed by atoms with Crippen molar-refractivity contribution in [1.82, 2.24) is 14.9 Å². The molecular weight excluding hydrogens is 440 g/mol. The molecule has 0 aliphatic rings. The number of carbonyl (C=O) groups is 1. The van der Waals surface area contributed by atoms with Crippen LogP contribution in [0.4, 0.5) is 11.4 Å². The van der Waals surface area contributed by atoms with E-state index in [1.54, 1.807) is 0 Å². The van der Waals surface area contributed by atoms with Crippen LogP contribution >= 0.6 is 23.4 Å². The molecule has 0 unspecified atom stereocenters. The van der Waals surface area contributed by atoms with E-state index in [2.05, 4.69) is 36.3 Å². The molecular formula is C20H21ClN6O3S. The van der Waals surface area contributed by atoms with Crippen LogP contribution in [0, 0.1) is 10.1 Å². The lowest BCUT2D eigenvalue weighted by molar-refractivity contribution is -0.384. The average Bonchev–Trinajstić information content (AvgIpc) is 3.07. The molecule has 3 aromatic rings. The third-order valence-corrected chi connectivity index (χ3v) is 5.71. The number of hydrogen-bond donors (Lipinski definition) is 2. The van der Waals surface area contributed by atoms with Crippen LogP contribution in [0.5, 0.6) is 0 Å². The minimum absolute atomic E-state index is 0.0304. The first-order valence-corrected chi connectivity index (χ1v) is 10.6. The van der Waals surface area contributed by atoms with Gasteiger partial charge in [0.1, 0.15) is 0 Å². The summed E-state index contributed by atoms with van der Waals surface area (Å²) in [6, 6.07) is 11.7. The zero-order valence-corrected chi connectivity index (χ0v) is 18.7. The van der Waals surface area contributed by atoms with E-state index < -0.39 is 10.8 Å². The number of nitrogens with one attached hydrogen (secondary N) is 1. The summed E-state index contributed by atoms with van der Waals surface area (Å²) in [4.78, 5) is 22.6. The molecule has 162 valence electrons. The summed E-state index contributed by atoms with van der Waals surface area (Å²) < 4.78 is 1.32. The normalized spacial score (nSPS) is 11.4. The highest BCUT2D eigenvalue weighted by Gasteiger charge is 2.17. The van der Waals surface area contributed by atoms with Crippen molar-refractivity contribution in [1.29, 1.82) is 0 Å². The summed E-state index contributed by atoms with van der Waals surface area (Å²) in [6.07, 6.45) is 0. The van der Waals surface area contributed by atoms with Crippen molar-refractivity contribution in [2.45, 2.75) is 31.3 Å². The predicted molar refractivity (Wildman–Crippen MR) is 122 cm³/mol. The van der Waals surface area contributed by atoms with E-state index in [4.69, 9.17) is 17.4 Å². The molecule has 0 saturated heterocycles. The second-order valence-electron chi connectivity index (χ2n) is 7.76. The molecule has 1 amide bonds. The molecule has 11 heteroatoms. The topological polar surface area (TPSA) is 129 Å². The van der Waals surface area contributed by atoms with Gasteiger partial charge in [-0.25, -0.2) is 4.68 Å². The van der Waals surface area contributed by atoms with Gasteiger partial charge in [0.15, 0.2) is 5.82 Å². The molecule has 2 aromatic carbocycles. The van der Waals surface area contributed by atoms with Gasteiger partial charge in [-0.15, -0.1) is 10.2 Å². The number of rotatable bonds is 6. The quantitative estimate of drug-likeness (QED) is 0.243. The third-order valence-electron chi connectivity index (χ3n) is 4.44. The SMILES string of the molecule is CC(C)(C)c1ccc(-c2nnc(SCC(=O)Nc3cc([N+](=O)[O-])ccc3Cl)n2N)cc1. The monoisotopic (exact) mass is 460 g/mol. The number of carbonyl (C=O) groups excluding carboxylic acids is 1. The van der Waals surface area contributed by atoms with E-state index in [0.717, 1.165) is 17.3 Å². The first kappa shape index (κ1) is 22.6. The first-order valence-electron chi connectivity index (χ1n) is 9.24. The predicted octanol–water partition coefficient (Wildman–Crippen LogP) is 4.25. The van der Waals surface area contributed by atoms with Gasteiger partial charge in [0.2, 0.25) is 11.1 Å². The summed E-state index contributed by atoms with van der Waals surface area (Å²) in [7, 11) is 0. The van der Waals surface area contributed by atoms with Crippen molar-refractivity contribution in [2.24, 2.45) is 0 Å². The van der Waals surface area contributed by atoms with Crippen LogP contribution in [-0.2, 0) is 10.2 Å². The fraction of sp³-hybridized carbons (Fsp3) is 0.250. The van der Waals surface area contributed by atoms with Gasteiger partial charge < -0.3 is 11.2 Å². The number of nitrogens with two attached hydrogens (primary N) is 1. The molecule has 3 N–H and O–H groups in total. The van der Waals surface area contributed by atoms with Crippen molar-refractivity contribution in [3.8, 4) is 11.4 Å². The maximum absolute atomic E-state index is 12.3. The first-order chi connectivity index (χ1) is 14.6. The Labute approximate surface area is 188 Å². The highest BCUT2D eigenvalue weighted by Crippen LogP contribution is 2.28. The van der Waals surface area contributed by atoms with E-state index in [1.165, 1.54) is 28.4 Å². The van der Waals surface area contributed by atoms with Crippen LogP contribution in [0.3, 0.4) is 0 Å². The summed E-state index contributed by atoms with van der Waals surface area (Å²) in [6.45, 7) is 6.40. The Balaban J connectivity index is 1.67. The molecule has 0 saturated carbocycles. The average molecular weight is 461 g/mol. The zero-order valence-electron chi connectivity index (χ0n) is 17.1. The Morgan fingerprint density at radius 1 is 1.23 bits per heavy atom. The lowest BCUT2D eigenvalue weighted by Gasteiger charge is -2.19. The number of thioether (sulfide) groups is 1. The molecule has 0 atom stereocenters. The van der Waals surface area contributed by atoms with Gasteiger partial charge in [-0.2, -0.15) is 0 Å². The van der Waals surface area contributed by atoms with Crippen LogP contribution in [0.25, 0.3) is 11.4 Å². The van der Waals surface area contributed by atoms with Crippen LogP contribution < -0.4 is 11.2 Å². The summed E-state index contributed by atoms with van der Waals surface area (Å²) in [5, 5.41) is 22.2. The maximum atomic E-state index is 12.3. The molecule has 3 rings (SSSR count). The standard InChI is InChI=1S/C20H21ClN6O3S/c1-20(2,3)13-6-4-12(5-7-13)18-24-25-19(26(18)22)31-11-17(28)23-16-10-14(27(29)30)8-9-15(16)21/h4-10H,11,22H2,1-3H3,(H,23,28). The summed E-state index contributed by atoms with van der Waals surface area (Å²) in [5.41, 5.74) is 2.02. The van der Waals surface area contributed by atoms with Crippen molar-refractivity contribution in [2.75, 3.05) is 16.9 Å². The zero-order chi connectivity index (χ0) is 22.8. The van der Waals surface area contributed by atoms with Crippen LogP contribution in [-0.4, -0.2) is 31.5 Å². The number of halogens is 1. The Morgan fingerprint density at radius 2 is 1.90 bits per heavy atom. The van der Waals surface area contributed by atoms with Gasteiger partial charge in [0.25, 0.3) is 5.69 Å². The smallest absolute Gasteiger partial charge is 0.271 e. The second kappa shape index (κ2) is 8.94. The largest absolute Gasteiger partial charge is 0.335 e. The highest BCUT2D eigenvalue weighted by molar-refractivity contribution is 7.99. The molecule has 9 nitrogen and oxygen atoms in total. The van der Waals surface area contributed by atoms with Crippen LogP contribution in [0.2, 0.25) is 5.02 Å². The molecule has 1 aromatic heterocycles. The molecule has 0 radical (unpaired) electrons. The van der Waals surface area contributed by atoms with E-state index >= 15 is 0 Å². The van der Waals surface area contributed by atoms with Crippen molar-refractivity contribution in [3.63, 3.8) is 0 Å². The van der Waals surface area contributed by atoms with Gasteiger partial charge in [0, 0.05) is 17.7 Å². The van der Waals surface area contributed by atoms with Gasteiger partial charge in [-0.1, -0.05) is 68.4 Å². The molecule has 31 heavy (non-hydrogen) atoms. The Hall–Kier alpha value is -3.11. The van der Waals surface area contributed by atoms with Crippen molar-refractivity contribution < 1.29 is 9.72 Å². The van der Waals surface area contributed by atoms with Crippen molar-refractivity contribution >= 4 is 40.6 Å². The van der Waals surface area contributed by atoms with E-state index in [-0.39, 0.29) is 27.6 Å². The van der Waals surface area contributed by atoms with Gasteiger partial charge >= 0.3 is 0 Å². The van der Waals surface area contributed by atoms with E-state index in [9.17, 15) is 14.9 Å². The second-order valence-corrected chi connectivity index (χ2v) is 9.11. The van der Waals surface area contributed by atoms with Gasteiger partial charge in [-0.05, 0) is 17.0 Å².